The Hall–Kier alpha value is -0.790. The molecule has 0 heterocycles. The second-order valence-corrected chi connectivity index (χ2v) is 18.3. The van der Waals surface area contributed by atoms with Gasteiger partial charge in [0, 0.05) is 12.8 Å². The first-order valence-electron chi connectivity index (χ1n) is 21.6. The molecule has 3 saturated carbocycles. The Bertz CT molecular complexity index is 934. The van der Waals surface area contributed by atoms with Crippen LogP contribution in [-0.4, -0.2) is 12.1 Å². The normalized spacial score (nSPS) is 32.4. The van der Waals surface area contributed by atoms with E-state index in [4.69, 9.17) is 4.74 Å². The number of ether oxygens (including phenoxy) is 1. The van der Waals surface area contributed by atoms with Gasteiger partial charge in [-0.05, 0) is 97.7 Å². The average molecular weight is 653 g/mol. The molecule has 0 saturated heterocycles. The first-order valence-corrected chi connectivity index (χ1v) is 21.6. The van der Waals surface area contributed by atoms with Crippen molar-refractivity contribution in [2.75, 3.05) is 0 Å². The number of esters is 1. The summed E-state index contributed by atoms with van der Waals surface area (Å²) in [6.07, 6.45) is 38.4. The predicted octanol–water partition coefficient (Wildman–Crippen LogP) is 14.2. The summed E-state index contributed by atoms with van der Waals surface area (Å²) in [7, 11) is 0. The number of carbonyl (C=O) groups excluding carboxylic acids is 1. The molecule has 47 heavy (non-hydrogen) atoms. The molecule has 2 nitrogen and oxygen atoms in total. The monoisotopic (exact) mass is 653 g/mol. The van der Waals surface area contributed by atoms with E-state index in [2.05, 4.69) is 47.6 Å². The van der Waals surface area contributed by atoms with Crippen LogP contribution in [0.5, 0.6) is 0 Å². The van der Waals surface area contributed by atoms with E-state index in [-0.39, 0.29) is 12.1 Å². The summed E-state index contributed by atoms with van der Waals surface area (Å²) in [5.41, 5.74) is 2.54. The van der Waals surface area contributed by atoms with Crippen molar-refractivity contribution in [3.05, 3.63) is 11.6 Å². The molecule has 0 amide bonds. The lowest BCUT2D eigenvalue weighted by Gasteiger charge is -2.58. The van der Waals surface area contributed by atoms with Crippen LogP contribution < -0.4 is 0 Å². The molecule has 0 aromatic carbocycles. The second kappa shape index (κ2) is 19.6. The van der Waals surface area contributed by atoms with Crippen LogP contribution in [-0.2, 0) is 9.53 Å². The summed E-state index contributed by atoms with van der Waals surface area (Å²) in [6, 6.07) is 0. The molecule has 0 aromatic heterocycles. The number of hydrogen-bond donors (Lipinski definition) is 0. The highest BCUT2D eigenvalue weighted by Crippen LogP contribution is 2.67. The lowest BCUT2D eigenvalue weighted by molar-refractivity contribution is -0.151. The lowest BCUT2D eigenvalue weighted by Crippen LogP contribution is -2.51. The zero-order valence-electron chi connectivity index (χ0n) is 32.5. The number of unbranched alkanes of at least 4 members (excludes halogenated alkanes) is 14. The smallest absolute Gasteiger partial charge is 0.306 e. The summed E-state index contributed by atoms with van der Waals surface area (Å²) >= 11 is 0. The first-order chi connectivity index (χ1) is 22.7. The summed E-state index contributed by atoms with van der Waals surface area (Å²) in [5, 5.41) is 0. The number of hydrogen-bond acceptors (Lipinski definition) is 2. The van der Waals surface area contributed by atoms with Gasteiger partial charge in [0.2, 0.25) is 0 Å². The van der Waals surface area contributed by atoms with Gasteiger partial charge in [0.25, 0.3) is 0 Å². The van der Waals surface area contributed by atoms with Crippen molar-refractivity contribution in [2.45, 2.75) is 221 Å². The molecule has 4 rings (SSSR count). The summed E-state index contributed by atoms with van der Waals surface area (Å²) in [4.78, 5) is 12.8. The third-order valence-corrected chi connectivity index (χ3v) is 14.5. The van der Waals surface area contributed by atoms with E-state index in [0.717, 1.165) is 54.8 Å². The molecule has 0 aliphatic heterocycles. The van der Waals surface area contributed by atoms with Crippen molar-refractivity contribution in [3.8, 4) is 0 Å². The van der Waals surface area contributed by atoms with E-state index in [0.29, 0.717) is 17.3 Å². The minimum atomic E-state index is 0.0653. The maximum absolute atomic E-state index is 12.8. The predicted molar refractivity (Wildman–Crippen MR) is 202 cm³/mol. The third-order valence-electron chi connectivity index (χ3n) is 14.5. The summed E-state index contributed by atoms with van der Waals surface area (Å²) < 4.78 is 6.13. The maximum Gasteiger partial charge on any atom is 0.306 e. The van der Waals surface area contributed by atoms with Gasteiger partial charge in [-0.3, -0.25) is 4.79 Å². The highest BCUT2D eigenvalue weighted by atomic mass is 16.5. The molecule has 2 heteroatoms. The highest BCUT2D eigenvalue weighted by Gasteiger charge is 2.59. The standard InChI is InChI=1S/C45H80O2/c1-7-8-9-10-11-12-13-14-15-16-17-18-19-20-21-25-43(46)47-38-30-32-44(5)37(34-38)26-27-39-41-29-28-40(36(4)24-22-23-35(2)3)45(41,6)33-31-42(39)44/h26,35-36,38-42H,7-25,27-34H2,1-6H3/t36-,38+,39-,40?,41-,42-,44+,45+/m1/s1. The largest absolute Gasteiger partial charge is 0.462 e. The summed E-state index contributed by atoms with van der Waals surface area (Å²) in [6.45, 7) is 15.0. The van der Waals surface area contributed by atoms with Crippen LogP contribution in [0.3, 0.4) is 0 Å². The Morgan fingerprint density at radius 2 is 1.36 bits per heavy atom. The van der Waals surface area contributed by atoms with Gasteiger partial charge in [-0.1, -0.05) is 162 Å². The van der Waals surface area contributed by atoms with Gasteiger partial charge in [-0.15, -0.1) is 0 Å². The van der Waals surface area contributed by atoms with Crippen LogP contribution in [0.15, 0.2) is 11.6 Å². The van der Waals surface area contributed by atoms with E-state index in [1.54, 1.807) is 5.57 Å². The van der Waals surface area contributed by atoms with E-state index in [9.17, 15) is 4.79 Å². The van der Waals surface area contributed by atoms with Crippen LogP contribution in [0.25, 0.3) is 0 Å². The molecular weight excluding hydrogens is 572 g/mol. The minimum Gasteiger partial charge on any atom is -0.462 e. The number of fused-ring (bicyclic) bond motifs is 5. The number of rotatable bonds is 22. The molecular formula is C45H80O2. The molecule has 0 bridgehead atoms. The Balaban J connectivity index is 1.10. The molecule has 0 aromatic rings. The third kappa shape index (κ3) is 10.8. The van der Waals surface area contributed by atoms with Crippen LogP contribution >= 0.6 is 0 Å². The van der Waals surface area contributed by atoms with Crippen LogP contribution in [0.2, 0.25) is 0 Å². The van der Waals surface area contributed by atoms with Gasteiger partial charge in [-0.25, -0.2) is 0 Å². The molecule has 0 radical (unpaired) electrons. The average Bonchev–Trinajstić information content (AvgIpc) is 3.40. The molecule has 272 valence electrons. The van der Waals surface area contributed by atoms with E-state index in [1.807, 2.05) is 0 Å². The highest BCUT2D eigenvalue weighted by molar-refractivity contribution is 5.69. The number of allylic oxidation sites excluding steroid dienone is 1. The Kier molecular flexibility index (Phi) is 16.2. The lowest BCUT2D eigenvalue weighted by atomic mass is 9.47. The van der Waals surface area contributed by atoms with Crippen molar-refractivity contribution in [3.63, 3.8) is 0 Å². The van der Waals surface area contributed by atoms with Gasteiger partial charge < -0.3 is 4.74 Å². The second-order valence-electron chi connectivity index (χ2n) is 18.3. The van der Waals surface area contributed by atoms with Gasteiger partial charge >= 0.3 is 5.97 Å². The molecule has 4 aliphatic carbocycles. The maximum atomic E-state index is 12.8. The van der Waals surface area contributed by atoms with Crippen molar-refractivity contribution in [1.82, 2.24) is 0 Å². The minimum absolute atomic E-state index is 0.0653. The fraction of sp³-hybridized carbons (Fsp3) is 0.933. The van der Waals surface area contributed by atoms with Gasteiger partial charge in [0.15, 0.2) is 0 Å². The van der Waals surface area contributed by atoms with Crippen LogP contribution in [0.1, 0.15) is 215 Å². The van der Waals surface area contributed by atoms with Crippen molar-refractivity contribution >= 4 is 5.97 Å². The van der Waals surface area contributed by atoms with Gasteiger partial charge in [0.1, 0.15) is 6.10 Å². The Morgan fingerprint density at radius 3 is 1.98 bits per heavy atom. The Labute approximate surface area is 293 Å². The van der Waals surface area contributed by atoms with Crippen molar-refractivity contribution in [2.24, 2.45) is 46.3 Å². The van der Waals surface area contributed by atoms with E-state index >= 15 is 0 Å². The molecule has 3 fully saturated rings. The quantitative estimate of drug-likeness (QED) is 0.0661. The van der Waals surface area contributed by atoms with Crippen LogP contribution in [0, 0.1) is 46.3 Å². The molecule has 4 aliphatic rings. The fourth-order valence-corrected chi connectivity index (χ4v) is 11.6. The SMILES string of the molecule is CCCCCCCCCCCCCCCCCC(=O)O[C@H]1CC[C@@]2(C)C(=CC[C@H]3[C@H]2CC[C@@]2(C)C([C@H](C)CCCC(C)C)CC[C@H]32)C1. The Morgan fingerprint density at radius 1 is 0.745 bits per heavy atom. The molecule has 8 atom stereocenters. The van der Waals surface area contributed by atoms with E-state index < -0.39 is 0 Å². The fourth-order valence-electron chi connectivity index (χ4n) is 11.6. The molecule has 0 spiro atoms. The number of carbonyl (C=O) groups is 1. The molecule has 1 unspecified atom stereocenters. The van der Waals surface area contributed by atoms with Crippen molar-refractivity contribution in [1.29, 1.82) is 0 Å². The van der Waals surface area contributed by atoms with Gasteiger partial charge in [0.05, 0.1) is 0 Å². The topological polar surface area (TPSA) is 26.3 Å². The zero-order chi connectivity index (χ0) is 33.7. The zero-order valence-corrected chi connectivity index (χ0v) is 32.5. The van der Waals surface area contributed by atoms with E-state index in [1.165, 1.54) is 148 Å². The summed E-state index contributed by atoms with van der Waals surface area (Å²) in [5.74, 6) is 5.34. The molecule has 0 N–H and O–H groups in total. The van der Waals surface area contributed by atoms with Crippen molar-refractivity contribution < 1.29 is 9.53 Å². The van der Waals surface area contributed by atoms with Crippen LogP contribution in [0.4, 0.5) is 0 Å². The first kappa shape index (κ1) is 39.0. The van der Waals surface area contributed by atoms with Gasteiger partial charge in [-0.2, -0.15) is 0 Å².